The molecule has 1 amide bonds. The lowest BCUT2D eigenvalue weighted by molar-refractivity contribution is -0.122. The van der Waals surface area contributed by atoms with Gasteiger partial charge in [-0.15, -0.1) is 0 Å². The second-order valence-corrected chi connectivity index (χ2v) is 4.47. The monoisotopic (exact) mass is 216 g/mol. The van der Waals surface area contributed by atoms with Gasteiger partial charge in [-0.25, -0.2) is 0 Å². The van der Waals surface area contributed by atoms with Crippen LogP contribution in [0.15, 0.2) is 0 Å². The molecule has 0 aromatic rings. The molecule has 1 rings (SSSR count). The maximum absolute atomic E-state index is 11.5. The summed E-state index contributed by atoms with van der Waals surface area (Å²) in [5, 5.41) is 2.84. The molecule has 1 heterocycles. The van der Waals surface area contributed by atoms with Crippen LogP contribution in [0.1, 0.15) is 26.7 Å². The summed E-state index contributed by atoms with van der Waals surface area (Å²) < 4.78 is 0. The first-order chi connectivity index (χ1) is 6.65. The Labute approximate surface area is 91.6 Å². The molecule has 3 nitrogen and oxygen atoms in total. The van der Waals surface area contributed by atoms with Gasteiger partial charge in [0.1, 0.15) is 0 Å². The minimum absolute atomic E-state index is 0.125. The number of nitrogens with one attached hydrogen (secondary N) is 1. The molecule has 82 valence electrons. The molecule has 0 aliphatic carbocycles. The summed E-state index contributed by atoms with van der Waals surface area (Å²) in [7, 11) is 0. The SMILES string of the molecule is CC1CCC(C)N1CC(=O)NCCS. The van der Waals surface area contributed by atoms with Gasteiger partial charge in [0.25, 0.3) is 0 Å². The molecular formula is C10H20N2OS. The van der Waals surface area contributed by atoms with Gasteiger partial charge in [-0.2, -0.15) is 12.6 Å². The lowest BCUT2D eigenvalue weighted by Crippen LogP contribution is -2.42. The lowest BCUT2D eigenvalue weighted by Gasteiger charge is -2.24. The summed E-state index contributed by atoms with van der Waals surface area (Å²) in [5.74, 6) is 0.830. The smallest absolute Gasteiger partial charge is 0.234 e. The zero-order valence-corrected chi connectivity index (χ0v) is 9.89. The molecule has 1 saturated heterocycles. The van der Waals surface area contributed by atoms with Crippen molar-refractivity contribution in [3.8, 4) is 0 Å². The van der Waals surface area contributed by atoms with E-state index in [0.29, 0.717) is 30.9 Å². The van der Waals surface area contributed by atoms with E-state index in [1.807, 2.05) is 0 Å². The van der Waals surface area contributed by atoms with E-state index in [0.717, 1.165) is 0 Å². The Balaban J connectivity index is 2.31. The summed E-state index contributed by atoms with van der Waals surface area (Å²) in [5.41, 5.74) is 0. The zero-order chi connectivity index (χ0) is 10.6. The average molecular weight is 216 g/mol. The Morgan fingerprint density at radius 2 is 2.00 bits per heavy atom. The van der Waals surface area contributed by atoms with Crippen LogP contribution in [-0.4, -0.2) is 41.7 Å². The minimum Gasteiger partial charge on any atom is -0.354 e. The summed E-state index contributed by atoms with van der Waals surface area (Å²) in [4.78, 5) is 13.7. The highest BCUT2D eigenvalue weighted by atomic mass is 32.1. The van der Waals surface area contributed by atoms with Crippen LogP contribution in [0.2, 0.25) is 0 Å². The van der Waals surface area contributed by atoms with Crippen molar-refractivity contribution in [2.45, 2.75) is 38.8 Å². The Bertz CT molecular complexity index is 189. The molecule has 1 aliphatic heterocycles. The third kappa shape index (κ3) is 3.17. The van der Waals surface area contributed by atoms with E-state index in [1.54, 1.807) is 0 Å². The number of hydrogen-bond acceptors (Lipinski definition) is 3. The molecule has 0 aromatic carbocycles. The van der Waals surface area contributed by atoms with Gasteiger partial charge in [0.05, 0.1) is 6.54 Å². The van der Waals surface area contributed by atoms with Gasteiger partial charge in [0.2, 0.25) is 5.91 Å². The predicted molar refractivity (Wildman–Crippen MR) is 61.7 cm³/mol. The first-order valence-electron chi connectivity index (χ1n) is 5.28. The van der Waals surface area contributed by atoms with Crippen LogP contribution in [-0.2, 0) is 4.79 Å². The summed E-state index contributed by atoms with van der Waals surface area (Å²) in [6, 6.07) is 1.10. The van der Waals surface area contributed by atoms with Gasteiger partial charge in [-0.05, 0) is 26.7 Å². The third-order valence-electron chi connectivity index (χ3n) is 2.89. The van der Waals surface area contributed by atoms with Crippen LogP contribution >= 0.6 is 12.6 Å². The van der Waals surface area contributed by atoms with Crippen LogP contribution in [0, 0.1) is 0 Å². The molecule has 0 bridgehead atoms. The number of hydrogen-bond donors (Lipinski definition) is 2. The lowest BCUT2D eigenvalue weighted by atomic mass is 10.2. The second-order valence-electron chi connectivity index (χ2n) is 4.02. The molecule has 0 aromatic heterocycles. The number of nitrogens with zero attached hydrogens (tertiary/aromatic N) is 1. The highest BCUT2D eigenvalue weighted by Crippen LogP contribution is 2.22. The van der Waals surface area contributed by atoms with E-state index in [1.165, 1.54) is 12.8 Å². The number of likely N-dealkylation sites (tertiary alicyclic amines) is 1. The fraction of sp³-hybridized carbons (Fsp3) is 0.900. The third-order valence-corrected chi connectivity index (χ3v) is 3.12. The normalized spacial score (nSPS) is 27.9. The van der Waals surface area contributed by atoms with Crippen molar-refractivity contribution in [1.82, 2.24) is 10.2 Å². The van der Waals surface area contributed by atoms with Crippen LogP contribution in [0.4, 0.5) is 0 Å². The van der Waals surface area contributed by atoms with Crippen molar-refractivity contribution >= 4 is 18.5 Å². The number of amides is 1. The Hall–Kier alpha value is -0.220. The summed E-state index contributed by atoms with van der Waals surface area (Å²) >= 11 is 4.05. The molecular weight excluding hydrogens is 196 g/mol. The van der Waals surface area contributed by atoms with Crippen molar-refractivity contribution in [3.63, 3.8) is 0 Å². The van der Waals surface area contributed by atoms with Crippen molar-refractivity contribution < 1.29 is 4.79 Å². The molecule has 4 heteroatoms. The molecule has 1 aliphatic rings. The number of rotatable bonds is 4. The minimum atomic E-state index is 0.125. The van der Waals surface area contributed by atoms with E-state index >= 15 is 0 Å². The van der Waals surface area contributed by atoms with E-state index in [9.17, 15) is 4.79 Å². The van der Waals surface area contributed by atoms with Gasteiger partial charge >= 0.3 is 0 Å². The van der Waals surface area contributed by atoms with Crippen LogP contribution in [0.25, 0.3) is 0 Å². The van der Waals surface area contributed by atoms with Crippen LogP contribution in [0.3, 0.4) is 0 Å². The first-order valence-corrected chi connectivity index (χ1v) is 5.91. The Morgan fingerprint density at radius 3 is 2.50 bits per heavy atom. The van der Waals surface area contributed by atoms with E-state index in [-0.39, 0.29) is 5.91 Å². The van der Waals surface area contributed by atoms with Crippen LogP contribution < -0.4 is 5.32 Å². The van der Waals surface area contributed by atoms with Gasteiger partial charge < -0.3 is 5.32 Å². The van der Waals surface area contributed by atoms with Crippen LogP contribution in [0.5, 0.6) is 0 Å². The predicted octanol–water partition coefficient (Wildman–Crippen LogP) is 0.905. The van der Waals surface area contributed by atoms with Gasteiger partial charge in [-0.1, -0.05) is 0 Å². The fourth-order valence-corrected chi connectivity index (χ4v) is 2.09. The number of carbonyl (C=O) groups excluding carboxylic acids is 1. The van der Waals surface area contributed by atoms with Gasteiger partial charge in [0.15, 0.2) is 0 Å². The van der Waals surface area contributed by atoms with E-state index < -0.39 is 0 Å². The molecule has 14 heavy (non-hydrogen) atoms. The molecule has 1 N–H and O–H groups in total. The van der Waals surface area contributed by atoms with Gasteiger partial charge in [-0.3, -0.25) is 9.69 Å². The summed E-state index contributed by atoms with van der Waals surface area (Å²) in [6.45, 7) is 5.58. The molecule has 1 fully saturated rings. The topological polar surface area (TPSA) is 32.3 Å². The molecule has 2 atom stereocenters. The van der Waals surface area contributed by atoms with E-state index in [4.69, 9.17) is 0 Å². The molecule has 0 spiro atoms. The standard InChI is InChI=1S/C10H20N2OS/c1-8-3-4-9(2)12(8)7-10(13)11-5-6-14/h8-9,14H,3-7H2,1-2H3,(H,11,13). The first kappa shape index (κ1) is 11.9. The van der Waals surface area contributed by atoms with Gasteiger partial charge in [0, 0.05) is 24.4 Å². The highest BCUT2D eigenvalue weighted by molar-refractivity contribution is 7.80. The quantitative estimate of drug-likeness (QED) is 0.685. The molecule has 0 radical (unpaired) electrons. The fourth-order valence-electron chi connectivity index (χ4n) is 1.98. The van der Waals surface area contributed by atoms with Crippen molar-refractivity contribution in [2.75, 3.05) is 18.8 Å². The zero-order valence-electron chi connectivity index (χ0n) is 8.99. The second kappa shape index (κ2) is 5.61. The maximum Gasteiger partial charge on any atom is 0.234 e. The summed E-state index contributed by atoms with van der Waals surface area (Å²) in [6.07, 6.45) is 2.42. The van der Waals surface area contributed by atoms with E-state index in [2.05, 4.69) is 36.7 Å². The van der Waals surface area contributed by atoms with Crippen molar-refractivity contribution in [2.24, 2.45) is 0 Å². The Morgan fingerprint density at radius 1 is 1.43 bits per heavy atom. The largest absolute Gasteiger partial charge is 0.354 e. The Kier molecular flexibility index (Phi) is 4.75. The number of carbonyl (C=O) groups is 1. The maximum atomic E-state index is 11.5. The number of thiol groups is 1. The van der Waals surface area contributed by atoms with Crippen molar-refractivity contribution in [1.29, 1.82) is 0 Å². The highest BCUT2D eigenvalue weighted by Gasteiger charge is 2.28. The van der Waals surface area contributed by atoms with Crippen molar-refractivity contribution in [3.05, 3.63) is 0 Å². The average Bonchev–Trinajstić information content (AvgIpc) is 2.46. The molecule has 0 saturated carbocycles. The molecule has 2 unspecified atom stereocenters.